The van der Waals surface area contributed by atoms with Gasteiger partial charge >= 0.3 is 11.9 Å². The van der Waals surface area contributed by atoms with E-state index in [9.17, 15) is 24.3 Å². The molecule has 11 heteroatoms. The third kappa shape index (κ3) is 10.7. The van der Waals surface area contributed by atoms with Crippen LogP contribution in [-0.4, -0.2) is 104 Å². The average molecular weight is 582 g/mol. The highest BCUT2D eigenvalue weighted by Crippen LogP contribution is 2.33. The lowest BCUT2D eigenvalue weighted by Crippen LogP contribution is -2.57. The maximum absolute atomic E-state index is 12.9. The molecule has 2 aliphatic heterocycles. The van der Waals surface area contributed by atoms with E-state index in [2.05, 4.69) is 0 Å². The fraction of sp³-hybridized carbons (Fsp3) is 0.733. The number of ether oxygens (including phenoxy) is 5. The van der Waals surface area contributed by atoms with Crippen LogP contribution in [-0.2, 0) is 42.9 Å². The van der Waals surface area contributed by atoms with Gasteiger partial charge in [0.05, 0.1) is 18.6 Å². The van der Waals surface area contributed by atoms with Crippen molar-refractivity contribution in [2.24, 2.45) is 11.8 Å². The maximum atomic E-state index is 12.9. The maximum Gasteiger partial charge on any atom is 0.309 e. The number of allylic oxidation sites excluding steroid dienone is 3. The lowest BCUT2D eigenvalue weighted by atomic mass is 9.83. The molecule has 0 aromatic rings. The second-order valence-corrected chi connectivity index (χ2v) is 11.3. The van der Waals surface area contributed by atoms with Crippen LogP contribution in [0.2, 0.25) is 0 Å². The van der Waals surface area contributed by atoms with Crippen LogP contribution >= 0.6 is 0 Å². The molecule has 0 aliphatic carbocycles. The van der Waals surface area contributed by atoms with E-state index >= 15 is 0 Å². The summed E-state index contributed by atoms with van der Waals surface area (Å²) >= 11 is 0. The zero-order valence-electron chi connectivity index (χ0n) is 25.3. The Kier molecular flexibility index (Phi) is 14.3. The van der Waals surface area contributed by atoms with Gasteiger partial charge in [-0.25, -0.2) is 0 Å². The molecule has 2 heterocycles. The van der Waals surface area contributed by atoms with E-state index in [0.29, 0.717) is 12.8 Å². The largest absolute Gasteiger partial charge is 0.462 e. The first-order chi connectivity index (χ1) is 19.4. The number of likely N-dealkylation sites (N-methyl/N-ethyl adjacent to an activating group) is 1. The monoisotopic (exact) mass is 581 g/mol. The van der Waals surface area contributed by atoms with Crippen molar-refractivity contribution in [3.8, 4) is 0 Å². The number of rotatable bonds is 7. The molecule has 41 heavy (non-hydrogen) atoms. The van der Waals surface area contributed by atoms with Gasteiger partial charge in [0.1, 0.15) is 30.7 Å². The number of esters is 2. The van der Waals surface area contributed by atoms with Crippen LogP contribution in [0, 0.1) is 11.8 Å². The molecule has 232 valence electrons. The Morgan fingerprint density at radius 3 is 2.44 bits per heavy atom. The molecule has 0 spiro atoms. The standard InChI is InChI=1S/C30H47NO10/c1-18-15-22(13-14-32)28(41-30-27(36)23(31(5)6)16-20(3)39-30)29(37-7)25(40-21(4)33)17-26(35)38-19(2)11-9-8-10-12-24(18)34/h8-10,12,14,18-20,22-23,25,27-30,36H,11,13,15-17H2,1-7H3/b9-8+,12-10+/t18-,19-,20-,22+,23+,25-,27-,28+,29?,30+/m1/s1. The summed E-state index contributed by atoms with van der Waals surface area (Å²) in [6.45, 7) is 6.57. The summed E-state index contributed by atoms with van der Waals surface area (Å²) in [5.41, 5.74) is 0. The zero-order valence-corrected chi connectivity index (χ0v) is 25.3. The quantitative estimate of drug-likeness (QED) is 0.350. The molecule has 2 aliphatic rings. The summed E-state index contributed by atoms with van der Waals surface area (Å²) in [6, 6.07) is -0.278. The van der Waals surface area contributed by atoms with Gasteiger partial charge < -0.3 is 38.5 Å². The molecule has 1 saturated heterocycles. The van der Waals surface area contributed by atoms with Crippen molar-refractivity contribution in [1.82, 2.24) is 4.90 Å². The summed E-state index contributed by atoms with van der Waals surface area (Å²) < 4.78 is 29.4. The van der Waals surface area contributed by atoms with Crippen LogP contribution in [0.5, 0.6) is 0 Å². The fourth-order valence-electron chi connectivity index (χ4n) is 5.41. The number of methoxy groups -OCH3 is 1. The van der Waals surface area contributed by atoms with E-state index < -0.39 is 60.6 Å². The number of aliphatic hydroxyl groups excluding tert-OH is 1. The number of ketones is 1. The van der Waals surface area contributed by atoms with Gasteiger partial charge in [-0.05, 0) is 52.8 Å². The molecule has 1 N–H and O–H groups in total. The van der Waals surface area contributed by atoms with Crippen molar-refractivity contribution in [3.63, 3.8) is 0 Å². The molecule has 0 amide bonds. The molecule has 1 unspecified atom stereocenters. The van der Waals surface area contributed by atoms with Gasteiger partial charge in [0, 0.05) is 38.8 Å². The fourth-order valence-corrected chi connectivity index (χ4v) is 5.41. The number of nitrogens with zero attached hydrogens (tertiary/aromatic N) is 1. The van der Waals surface area contributed by atoms with Gasteiger partial charge in [0.15, 0.2) is 12.1 Å². The van der Waals surface area contributed by atoms with Crippen molar-refractivity contribution in [3.05, 3.63) is 24.3 Å². The van der Waals surface area contributed by atoms with Crippen molar-refractivity contribution in [1.29, 1.82) is 0 Å². The second kappa shape index (κ2) is 16.9. The summed E-state index contributed by atoms with van der Waals surface area (Å²) in [6.07, 6.45) is 2.04. The van der Waals surface area contributed by atoms with Gasteiger partial charge in [-0.15, -0.1) is 0 Å². The van der Waals surface area contributed by atoms with E-state index in [1.165, 1.54) is 20.1 Å². The minimum absolute atomic E-state index is 0.0183. The highest BCUT2D eigenvalue weighted by atomic mass is 16.7. The average Bonchev–Trinajstić information content (AvgIpc) is 2.88. The van der Waals surface area contributed by atoms with Gasteiger partial charge in [-0.1, -0.05) is 25.2 Å². The molecule has 2 rings (SSSR count). The summed E-state index contributed by atoms with van der Waals surface area (Å²) in [4.78, 5) is 51.8. The lowest BCUT2D eigenvalue weighted by Gasteiger charge is -2.44. The molecule has 10 atom stereocenters. The van der Waals surface area contributed by atoms with E-state index in [1.807, 2.05) is 25.9 Å². The van der Waals surface area contributed by atoms with Crippen molar-refractivity contribution >= 4 is 24.0 Å². The number of carbonyl (C=O) groups excluding carboxylic acids is 4. The SMILES string of the molecule is COC1[C@@H](O[C@@H]2O[C@H](C)C[C@H](N(C)C)[C@H]2O)[C@@H](CC=O)C[C@@H](C)C(=O)/C=C/C=C/C[C@@H](C)OC(=O)C[C@H]1OC(C)=O. The number of aliphatic hydroxyl groups is 1. The Balaban J connectivity index is 2.59. The van der Waals surface area contributed by atoms with Crippen LogP contribution < -0.4 is 0 Å². The predicted octanol–water partition coefficient (Wildman–Crippen LogP) is 2.38. The van der Waals surface area contributed by atoms with Crippen LogP contribution in [0.25, 0.3) is 0 Å². The Bertz CT molecular complexity index is 934. The first-order valence-corrected chi connectivity index (χ1v) is 14.2. The molecule has 0 bridgehead atoms. The van der Waals surface area contributed by atoms with Crippen LogP contribution in [0.1, 0.15) is 59.8 Å². The Morgan fingerprint density at radius 1 is 1.12 bits per heavy atom. The molecule has 0 aromatic carbocycles. The second-order valence-electron chi connectivity index (χ2n) is 11.3. The number of cyclic esters (lactones) is 1. The normalized spacial score (nSPS) is 37.7. The highest BCUT2D eigenvalue weighted by molar-refractivity contribution is 5.91. The van der Waals surface area contributed by atoms with E-state index in [4.69, 9.17) is 23.7 Å². The highest BCUT2D eigenvalue weighted by Gasteiger charge is 2.45. The number of aldehydes is 1. The number of carbonyl (C=O) groups is 4. The minimum atomic E-state index is -1.14. The third-order valence-corrected chi connectivity index (χ3v) is 7.53. The first-order valence-electron chi connectivity index (χ1n) is 14.2. The van der Waals surface area contributed by atoms with E-state index in [1.54, 1.807) is 32.1 Å². The topological polar surface area (TPSA) is 138 Å². The Hall–Kier alpha value is -2.44. The van der Waals surface area contributed by atoms with E-state index in [-0.39, 0.29) is 37.2 Å². The molecular weight excluding hydrogens is 534 g/mol. The lowest BCUT2D eigenvalue weighted by molar-refractivity contribution is -0.290. The molecular formula is C30H47NO10. The van der Waals surface area contributed by atoms with Gasteiger partial charge in [0.2, 0.25) is 0 Å². The summed E-state index contributed by atoms with van der Waals surface area (Å²) in [5.74, 6) is -2.51. The Morgan fingerprint density at radius 2 is 1.83 bits per heavy atom. The van der Waals surface area contributed by atoms with Gasteiger partial charge in [-0.2, -0.15) is 0 Å². The predicted molar refractivity (Wildman–Crippen MR) is 150 cm³/mol. The zero-order chi connectivity index (χ0) is 30.7. The molecule has 0 saturated carbocycles. The smallest absolute Gasteiger partial charge is 0.309 e. The molecule has 1 fully saturated rings. The molecule has 0 aromatic heterocycles. The Labute approximate surface area is 243 Å². The number of hydrogen-bond acceptors (Lipinski definition) is 11. The summed E-state index contributed by atoms with van der Waals surface area (Å²) in [7, 11) is 5.08. The van der Waals surface area contributed by atoms with Crippen LogP contribution in [0.4, 0.5) is 0 Å². The molecule has 0 radical (unpaired) electrons. The van der Waals surface area contributed by atoms with E-state index in [0.717, 1.165) is 6.29 Å². The first kappa shape index (κ1) is 34.8. The molecule has 11 nitrogen and oxygen atoms in total. The minimum Gasteiger partial charge on any atom is -0.462 e. The van der Waals surface area contributed by atoms with Crippen molar-refractivity contribution in [2.75, 3.05) is 21.2 Å². The van der Waals surface area contributed by atoms with Crippen molar-refractivity contribution < 1.29 is 48.0 Å². The van der Waals surface area contributed by atoms with Gasteiger partial charge in [-0.3, -0.25) is 14.4 Å². The number of hydrogen-bond donors (Lipinski definition) is 1. The van der Waals surface area contributed by atoms with Crippen molar-refractivity contribution in [2.45, 2.75) is 109 Å². The summed E-state index contributed by atoms with van der Waals surface area (Å²) in [5, 5.41) is 11.2. The van der Waals surface area contributed by atoms with Crippen LogP contribution in [0.15, 0.2) is 24.3 Å². The van der Waals surface area contributed by atoms with Gasteiger partial charge in [0.25, 0.3) is 0 Å². The third-order valence-electron chi connectivity index (χ3n) is 7.53. The van der Waals surface area contributed by atoms with Crippen LogP contribution in [0.3, 0.4) is 0 Å².